The maximum Gasteiger partial charge on any atom is 0.310 e. The Kier molecular flexibility index (Phi) is 4.97. The molecule has 0 radical (unpaired) electrons. The average molecular weight is 430 g/mol. The van der Waals surface area contributed by atoms with Crippen molar-refractivity contribution in [2.75, 3.05) is 20.2 Å². The highest BCUT2D eigenvalue weighted by atomic mass is 79.9. The van der Waals surface area contributed by atoms with E-state index in [9.17, 15) is 4.79 Å². The number of aromatic nitrogens is 2. The Morgan fingerprint density at radius 3 is 3.00 bits per heavy atom. The van der Waals surface area contributed by atoms with Crippen LogP contribution in [0.3, 0.4) is 0 Å². The van der Waals surface area contributed by atoms with E-state index in [0.717, 1.165) is 34.3 Å². The van der Waals surface area contributed by atoms with Crippen molar-refractivity contribution in [3.8, 4) is 11.5 Å². The molecule has 7 heteroatoms. The maximum absolute atomic E-state index is 11.7. The second kappa shape index (κ2) is 7.40. The molecule has 3 aromatic rings. The lowest BCUT2D eigenvalue weighted by Crippen LogP contribution is -2.24. The Labute approximate surface area is 165 Å². The molecule has 0 amide bonds. The van der Waals surface area contributed by atoms with E-state index >= 15 is 0 Å². The molecule has 4 rings (SSSR count). The number of carbonyl (C=O) groups excluding carboxylic acids is 1. The van der Waals surface area contributed by atoms with Gasteiger partial charge in [-0.15, -0.1) is 0 Å². The zero-order chi connectivity index (χ0) is 19.0. The summed E-state index contributed by atoms with van der Waals surface area (Å²) in [5.74, 6) is 0.392. The van der Waals surface area contributed by atoms with Crippen LogP contribution in [-0.4, -0.2) is 41.0 Å². The third kappa shape index (κ3) is 3.61. The van der Waals surface area contributed by atoms with E-state index < -0.39 is 0 Å². The Morgan fingerprint density at radius 2 is 2.19 bits per heavy atom. The van der Waals surface area contributed by atoms with E-state index in [2.05, 4.69) is 30.8 Å². The molecule has 0 saturated carbocycles. The first-order chi connectivity index (χ1) is 13.0. The van der Waals surface area contributed by atoms with E-state index in [1.54, 1.807) is 0 Å². The predicted molar refractivity (Wildman–Crippen MR) is 105 cm³/mol. The zero-order valence-electron chi connectivity index (χ0n) is 15.2. The van der Waals surface area contributed by atoms with Gasteiger partial charge < -0.3 is 9.15 Å². The van der Waals surface area contributed by atoms with Crippen LogP contribution in [0.4, 0.5) is 0 Å². The lowest BCUT2D eigenvalue weighted by atomic mass is 10.1. The number of rotatable bonds is 4. The van der Waals surface area contributed by atoms with Crippen LogP contribution >= 0.6 is 15.9 Å². The molecule has 1 aliphatic heterocycles. The summed E-state index contributed by atoms with van der Waals surface area (Å²) >= 11 is 3.54. The topological polar surface area (TPSA) is 68.5 Å². The molecule has 0 spiro atoms. The third-order valence-corrected chi connectivity index (χ3v) is 5.86. The number of esters is 1. The number of methoxy groups -OCH3 is 1. The Balaban J connectivity index is 1.55. The number of benzene rings is 1. The van der Waals surface area contributed by atoms with Crippen molar-refractivity contribution < 1.29 is 13.9 Å². The fourth-order valence-corrected chi connectivity index (χ4v) is 3.83. The molecule has 3 heterocycles. The van der Waals surface area contributed by atoms with Gasteiger partial charge in [0.25, 0.3) is 0 Å². The van der Waals surface area contributed by atoms with Crippen molar-refractivity contribution in [2.45, 2.75) is 19.9 Å². The highest BCUT2D eigenvalue weighted by Gasteiger charge is 2.29. The van der Waals surface area contributed by atoms with Crippen LogP contribution in [-0.2, 0) is 16.1 Å². The molecule has 0 bridgehead atoms. The van der Waals surface area contributed by atoms with Gasteiger partial charge in [-0.2, -0.15) is 4.98 Å². The SMILES string of the molecule is COC(=O)[C@@H]1CCN(Cc2ccc3oc(-c4cccc(Br)c4C)nc3n2)C1. The fourth-order valence-electron chi connectivity index (χ4n) is 3.46. The van der Waals surface area contributed by atoms with E-state index in [0.29, 0.717) is 30.2 Å². The summed E-state index contributed by atoms with van der Waals surface area (Å²) in [4.78, 5) is 23.1. The maximum atomic E-state index is 11.7. The van der Waals surface area contributed by atoms with Gasteiger partial charge in [-0.05, 0) is 49.7 Å². The van der Waals surface area contributed by atoms with E-state index in [4.69, 9.17) is 9.15 Å². The molecule has 1 aliphatic rings. The Hall–Kier alpha value is -2.25. The van der Waals surface area contributed by atoms with Crippen molar-refractivity contribution in [3.05, 3.63) is 46.1 Å². The normalized spacial score (nSPS) is 17.5. The molecule has 1 saturated heterocycles. The molecule has 1 aromatic carbocycles. The first-order valence-corrected chi connectivity index (χ1v) is 9.66. The molecule has 0 unspecified atom stereocenters. The van der Waals surface area contributed by atoms with Gasteiger partial charge >= 0.3 is 5.97 Å². The highest BCUT2D eigenvalue weighted by molar-refractivity contribution is 9.10. The molecule has 6 nitrogen and oxygen atoms in total. The molecule has 2 aromatic heterocycles. The van der Waals surface area contributed by atoms with Gasteiger partial charge in [-0.25, -0.2) is 4.98 Å². The number of oxazole rings is 1. The van der Waals surface area contributed by atoms with Crippen molar-refractivity contribution in [3.63, 3.8) is 0 Å². The first-order valence-electron chi connectivity index (χ1n) is 8.87. The molecule has 0 aliphatic carbocycles. The van der Waals surface area contributed by atoms with Gasteiger partial charge in [0.05, 0.1) is 18.7 Å². The quantitative estimate of drug-likeness (QED) is 0.584. The Bertz CT molecular complexity index is 1000. The summed E-state index contributed by atoms with van der Waals surface area (Å²) in [7, 11) is 1.44. The number of likely N-dealkylation sites (tertiary alicyclic amines) is 1. The highest BCUT2D eigenvalue weighted by Crippen LogP contribution is 2.30. The Morgan fingerprint density at radius 1 is 1.33 bits per heavy atom. The smallest absolute Gasteiger partial charge is 0.310 e. The monoisotopic (exact) mass is 429 g/mol. The van der Waals surface area contributed by atoms with Crippen LogP contribution in [0.25, 0.3) is 22.7 Å². The van der Waals surface area contributed by atoms with E-state index in [1.165, 1.54) is 7.11 Å². The molecule has 27 heavy (non-hydrogen) atoms. The van der Waals surface area contributed by atoms with Gasteiger partial charge in [0.1, 0.15) is 0 Å². The van der Waals surface area contributed by atoms with Crippen LogP contribution in [0.15, 0.2) is 39.2 Å². The summed E-state index contributed by atoms with van der Waals surface area (Å²) in [6, 6.07) is 9.81. The molecule has 1 atom stereocenters. The van der Waals surface area contributed by atoms with Crippen LogP contribution < -0.4 is 0 Å². The summed E-state index contributed by atoms with van der Waals surface area (Å²) < 4.78 is 11.8. The van der Waals surface area contributed by atoms with Crippen molar-refractivity contribution >= 4 is 33.1 Å². The van der Waals surface area contributed by atoms with E-state index in [-0.39, 0.29) is 11.9 Å². The fraction of sp³-hybridized carbons (Fsp3) is 0.350. The lowest BCUT2D eigenvalue weighted by Gasteiger charge is -2.14. The van der Waals surface area contributed by atoms with Gasteiger partial charge in [0.15, 0.2) is 11.2 Å². The van der Waals surface area contributed by atoms with Crippen LogP contribution in [0.5, 0.6) is 0 Å². The molecule has 1 fully saturated rings. The molecular formula is C20H20BrN3O3. The number of ether oxygens (including phenoxy) is 1. The van der Waals surface area contributed by atoms with E-state index in [1.807, 2.05) is 37.3 Å². The molecule has 0 N–H and O–H groups in total. The second-order valence-corrected chi connectivity index (χ2v) is 7.65. The number of nitrogens with zero attached hydrogens (tertiary/aromatic N) is 3. The van der Waals surface area contributed by atoms with Crippen molar-refractivity contribution in [1.82, 2.24) is 14.9 Å². The van der Waals surface area contributed by atoms with Gasteiger partial charge in [-0.1, -0.05) is 22.0 Å². The summed E-state index contributed by atoms with van der Waals surface area (Å²) in [6.07, 6.45) is 0.825. The number of fused-ring (bicyclic) bond motifs is 1. The van der Waals surface area contributed by atoms with Gasteiger partial charge in [-0.3, -0.25) is 9.69 Å². The van der Waals surface area contributed by atoms with Crippen LogP contribution in [0.2, 0.25) is 0 Å². The minimum atomic E-state index is -0.133. The minimum Gasteiger partial charge on any atom is -0.469 e. The van der Waals surface area contributed by atoms with Gasteiger partial charge in [0, 0.05) is 23.1 Å². The predicted octanol–water partition coefficient (Wildman–Crippen LogP) is 3.96. The van der Waals surface area contributed by atoms with Crippen molar-refractivity contribution in [1.29, 1.82) is 0 Å². The molecule has 140 valence electrons. The first kappa shape index (κ1) is 18.1. The number of pyridine rings is 1. The third-order valence-electron chi connectivity index (χ3n) is 5.00. The summed E-state index contributed by atoms with van der Waals surface area (Å²) in [6.45, 7) is 4.27. The van der Waals surface area contributed by atoms with Crippen LogP contribution in [0.1, 0.15) is 17.7 Å². The minimum absolute atomic E-state index is 0.0445. The number of halogens is 1. The number of hydrogen-bond donors (Lipinski definition) is 0. The zero-order valence-corrected chi connectivity index (χ0v) is 16.8. The molecular weight excluding hydrogens is 410 g/mol. The largest absolute Gasteiger partial charge is 0.469 e. The summed E-state index contributed by atoms with van der Waals surface area (Å²) in [5, 5.41) is 0. The lowest BCUT2D eigenvalue weighted by molar-refractivity contribution is -0.144. The summed E-state index contributed by atoms with van der Waals surface area (Å²) in [5.41, 5.74) is 4.21. The number of carbonyl (C=O) groups is 1. The number of hydrogen-bond acceptors (Lipinski definition) is 6. The van der Waals surface area contributed by atoms with Crippen LogP contribution in [0, 0.1) is 12.8 Å². The average Bonchev–Trinajstić information content (AvgIpc) is 3.30. The standard InChI is InChI=1S/C20H20BrN3O3/c1-12-15(4-3-5-16(12)21)19-23-18-17(27-19)7-6-14(22-18)11-24-9-8-13(10-24)20(25)26-2/h3-7,13H,8-11H2,1-2H3/t13-/m1/s1. The second-order valence-electron chi connectivity index (χ2n) is 6.80. The van der Waals surface area contributed by atoms with Gasteiger partial charge in [0.2, 0.25) is 5.89 Å². The van der Waals surface area contributed by atoms with Crippen molar-refractivity contribution in [2.24, 2.45) is 5.92 Å².